The first kappa shape index (κ1) is 8.57. The van der Waals surface area contributed by atoms with Gasteiger partial charge in [0.15, 0.2) is 0 Å². The average Bonchev–Trinajstić information content (AvgIpc) is 1.97. The first-order valence-electron chi connectivity index (χ1n) is 3.15. The third-order valence-corrected chi connectivity index (χ3v) is 1.43. The van der Waals surface area contributed by atoms with Crippen LogP contribution in [0.25, 0.3) is 0 Å². The molecule has 0 aliphatic heterocycles. The molecule has 0 saturated carbocycles. The molecule has 4 heteroatoms. The first-order valence-corrected chi connectivity index (χ1v) is 3.15. The Morgan fingerprint density at radius 3 is 2.45 bits per heavy atom. The molecule has 1 aromatic rings. The second kappa shape index (κ2) is 3.25. The van der Waals surface area contributed by atoms with Crippen LogP contribution in [0.2, 0.25) is 0 Å². The van der Waals surface area contributed by atoms with Crippen molar-refractivity contribution in [2.75, 3.05) is 7.11 Å². The summed E-state index contributed by atoms with van der Waals surface area (Å²) in [6.07, 6.45) is 0. The Kier molecular flexibility index (Phi) is 2.53. The summed E-state index contributed by atoms with van der Waals surface area (Å²) in [4.78, 5) is 0. The SMILES string of the molecule is [Li][c]1cc(F)c(OC)cc1F. The van der Waals surface area contributed by atoms with E-state index in [1.807, 2.05) is 0 Å². The molecule has 0 heterocycles. The molecule has 0 atom stereocenters. The summed E-state index contributed by atoms with van der Waals surface area (Å²) in [7, 11) is 1.30. The van der Waals surface area contributed by atoms with Gasteiger partial charge in [-0.2, -0.15) is 0 Å². The van der Waals surface area contributed by atoms with Crippen LogP contribution in [-0.2, 0) is 0 Å². The van der Waals surface area contributed by atoms with Crippen molar-refractivity contribution in [2.45, 2.75) is 0 Å². The molecule has 0 saturated heterocycles. The predicted octanol–water partition coefficient (Wildman–Crippen LogP) is 0.767. The molecule has 0 aliphatic carbocycles. The first-order chi connectivity index (χ1) is 5.15. The van der Waals surface area contributed by atoms with Gasteiger partial charge in [-0.3, -0.25) is 0 Å². The van der Waals surface area contributed by atoms with Crippen LogP contribution in [0.15, 0.2) is 12.1 Å². The van der Waals surface area contributed by atoms with Crippen LogP contribution in [-0.4, -0.2) is 24.8 Å². The molecule has 0 unspecified atom stereocenters. The fourth-order valence-corrected chi connectivity index (χ4v) is 0.784. The topological polar surface area (TPSA) is 9.23 Å². The van der Waals surface area contributed by atoms with Gasteiger partial charge in [-0.05, 0) is 0 Å². The van der Waals surface area contributed by atoms with E-state index in [1.54, 1.807) is 0 Å². The van der Waals surface area contributed by atoms with Gasteiger partial charge in [0.25, 0.3) is 0 Å². The Hall–Kier alpha value is -0.523. The van der Waals surface area contributed by atoms with Gasteiger partial charge >= 0.3 is 72.1 Å². The molecule has 0 aromatic heterocycles. The molecule has 54 valence electrons. The van der Waals surface area contributed by atoms with Crippen molar-refractivity contribution < 1.29 is 13.5 Å². The standard InChI is InChI=1S/C7H5F2O.Li/c1-10-7-4-5(8)2-3-6(7)9;/h3-4H,1H3;. The zero-order valence-corrected chi connectivity index (χ0v) is 6.32. The molecule has 0 amide bonds. The van der Waals surface area contributed by atoms with Crippen molar-refractivity contribution in [1.82, 2.24) is 0 Å². The molecule has 0 radical (unpaired) electrons. The molecule has 0 bridgehead atoms. The van der Waals surface area contributed by atoms with E-state index in [-0.39, 0.29) is 9.99 Å². The van der Waals surface area contributed by atoms with Gasteiger partial charge in [0.1, 0.15) is 0 Å². The number of halogens is 2. The monoisotopic (exact) mass is 150 g/mol. The van der Waals surface area contributed by atoms with Gasteiger partial charge < -0.3 is 0 Å². The number of hydrogen-bond acceptors (Lipinski definition) is 1. The summed E-state index contributed by atoms with van der Waals surface area (Å²) in [6, 6.07) is 2.14. The number of ether oxygens (including phenoxy) is 1. The molecule has 0 fully saturated rings. The molecule has 0 N–H and O–H groups in total. The third-order valence-electron chi connectivity index (χ3n) is 1.43. The zero-order chi connectivity index (χ0) is 8.43. The van der Waals surface area contributed by atoms with Crippen molar-refractivity contribution >= 4 is 22.0 Å². The number of hydrogen-bond donors (Lipinski definition) is 0. The van der Waals surface area contributed by atoms with E-state index in [0.717, 1.165) is 12.1 Å². The number of rotatable bonds is 1. The van der Waals surface area contributed by atoms with Gasteiger partial charge in [0.2, 0.25) is 0 Å². The summed E-state index contributed by atoms with van der Waals surface area (Å²) in [6.45, 7) is 0. The second-order valence-corrected chi connectivity index (χ2v) is 2.24. The van der Waals surface area contributed by atoms with Gasteiger partial charge in [0, 0.05) is 0 Å². The van der Waals surface area contributed by atoms with Gasteiger partial charge in [-0.15, -0.1) is 0 Å². The average molecular weight is 150 g/mol. The van der Waals surface area contributed by atoms with Crippen LogP contribution < -0.4 is 8.97 Å². The van der Waals surface area contributed by atoms with Crippen LogP contribution in [0, 0.1) is 11.6 Å². The van der Waals surface area contributed by atoms with Crippen molar-refractivity contribution in [3.63, 3.8) is 0 Å². The van der Waals surface area contributed by atoms with E-state index in [1.165, 1.54) is 24.8 Å². The molecule has 11 heavy (non-hydrogen) atoms. The predicted molar refractivity (Wildman–Crippen MR) is 38.3 cm³/mol. The summed E-state index contributed by atoms with van der Waals surface area (Å²) in [5.41, 5.74) is 0. The van der Waals surface area contributed by atoms with Crippen molar-refractivity contribution in [1.29, 1.82) is 0 Å². The van der Waals surface area contributed by atoms with Crippen LogP contribution >= 0.6 is 0 Å². The van der Waals surface area contributed by atoms with Crippen LogP contribution in [0.3, 0.4) is 0 Å². The van der Waals surface area contributed by atoms with E-state index < -0.39 is 11.6 Å². The minimum atomic E-state index is -0.536. The third kappa shape index (κ3) is 1.73. The van der Waals surface area contributed by atoms with Crippen molar-refractivity contribution in [2.24, 2.45) is 0 Å². The van der Waals surface area contributed by atoms with Crippen LogP contribution in [0.1, 0.15) is 0 Å². The van der Waals surface area contributed by atoms with E-state index in [2.05, 4.69) is 4.74 Å². The van der Waals surface area contributed by atoms with E-state index in [0.29, 0.717) is 0 Å². The molecular weight excluding hydrogens is 145 g/mol. The Bertz CT molecular complexity index is 275. The van der Waals surface area contributed by atoms with Crippen molar-refractivity contribution in [3.05, 3.63) is 23.8 Å². The normalized spacial score (nSPS) is 9.91. The number of benzene rings is 1. The summed E-state index contributed by atoms with van der Waals surface area (Å²) in [5.74, 6) is -1.05. The van der Waals surface area contributed by atoms with Crippen molar-refractivity contribution in [3.8, 4) is 5.75 Å². The maximum atomic E-state index is 12.7. The molecular formula is C7H5F2LiO. The maximum absolute atomic E-state index is 12.7. The number of methoxy groups -OCH3 is 1. The van der Waals surface area contributed by atoms with Gasteiger partial charge in [-0.1, -0.05) is 0 Å². The second-order valence-electron chi connectivity index (χ2n) is 2.24. The minimum absolute atomic E-state index is 0.0619. The van der Waals surface area contributed by atoms with Gasteiger partial charge in [0.05, 0.1) is 0 Å². The fourth-order valence-electron chi connectivity index (χ4n) is 0.784. The van der Waals surface area contributed by atoms with Crippen LogP contribution in [0.5, 0.6) is 5.75 Å². The molecule has 0 aliphatic rings. The van der Waals surface area contributed by atoms with E-state index in [4.69, 9.17) is 0 Å². The molecule has 1 rings (SSSR count). The molecule has 1 aromatic carbocycles. The van der Waals surface area contributed by atoms with E-state index in [9.17, 15) is 8.78 Å². The molecule has 0 spiro atoms. The zero-order valence-electron chi connectivity index (χ0n) is 6.32. The summed E-state index contributed by atoms with van der Waals surface area (Å²) in [5, 5.41) is 0. The Balaban J connectivity index is 3.21. The quantitative estimate of drug-likeness (QED) is 0.537. The fraction of sp³-hybridized carbons (Fsp3) is 0.143. The molecule has 1 nitrogen and oxygen atoms in total. The summed E-state index contributed by atoms with van der Waals surface area (Å²) < 4.78 is 30.3. The van der Waals surface area contributed by atoms with Crippen LogP contribution in [0.4, 0.5) is 8.78 Å². The Morgan fingerprint density at radius 1 is 1.27 bits per heavy atom. The van der Waals surface area contributed by atoms with E-state index >= 15 is 0 Å². The summed E-state index contributed by atoms with van der Waals surface area (Å²) >= 11 is 1.50. The Morgan fingerprint density at radius 2 is 1.91 bits per heavy atom. The Labute approximate surface area is 72.6 Å². The van der Waals surface area contributed by atoms with Gasteiger partial charge in [-0.25, -0.2) is 0 Å².